The summed E-state index contributed by atoms with van der Waals surface area (Å²) in [5.41, 5.74) is -0.543. The van der Waals surface area contributed by atoms with Gasteiger partial charge in [-0.05, 0) is 31.2 Å². The molecule has 2 aliphatic heterocycles. The Morgan fingerprint density at radius 1 is 1.12 bits per heavy atom. The summed E-state index contributed by atoms with van der Waals surface area (Å²) in [6, 6.07) is 9.14. The van der Waals surface area contributed by atoms with E-state index in [4.69, 9.17) is 0 Å². The maximum Gasteiger partial charge on any atom is 0.312 e. The van der Waals surface area contributed by atoms with E-state index in [9.17, 15) is 23.4 Å². The van der Waals surface area contributed by atoms with Crippen LogP contribution in [0.3, 0.4) is 0 Å². The van der Waals surface area contributed by atoms with Crippen LogP contribution in [0.25, 0.3) is 0 Å². The molecule has 2 atom stereocenters. The van der Waals surface area contributed by atoms with Gasteiger partial charge < -0.3 is 10.2 Å². The minimum Gasteiger partial charge on any atom is -0.481 e. The van der Waals surface area contributed by atoms with Crippen LogP contribution in [0.5, 0.6) is 0 Å². The monoisotopic (exact) mass is 368 g/mol. The minimum absolute atomic E-state index is 0.0888. The first-order valence-electron chi connectivity index (χ1n) is 8.57. The predicted molar refractivity (Wildman–Crippen MR) is 92.1 cm³/mol. The number of hydrogen-bond donors (Lipinski definition) is 2. The minimum atomic E-state index is -3.63. The first kappa shape index (κ1) is 18.3. The average molecular weight is 368 g/mol. The Bertz CT molecular complexity index is 718. The highest BCUT2D eigenvalue weighted by molar-refractivity contribution is 7.86. The van der Waals surface area contributed by atoms with Gasteiger partial charge in [-0.3, -0.25) is 4.79 Å². The number of piperidine rings is 1. The molecule has 2 aliphatic rings. The van der Waals surface area contributed by atoms with Crippen molar-refractivity contribution in [2.45, 2.75) is 31.8 Å². The maximum atomic E-state index is 12.7. The van der Waals surface area contributed by atoms with Crippen LogP contribution in [-0.2, 0) is 21.4 Å². The molecule has 8 heteroatoms. The molecule has 3 rings (SSSR count). The van der Waals surface area contributed by atoms with E-state index in [0.29, 0.717) is 13.1 Å². The zero-order valence-electron chi connectivity index (χ0n) is 14.0. The van der Waals surface area contributed by atoms with Crippen molar-refractivity contribution >= 4 is 16.2 Å². The fourth-order valence-corrected chi connectivity index (χ4v) is 5.43. The molecule has 2 saturated heterocycles. The Kier molecular flexibility index (Phi) is 5.15. The molecule has 0 aromatic heterocycles. The highest BCUT2D eigenvalue weighted by Gasteiger charge is 2.51. The Balaban J connectivity index is 1.79. The van der Waals surface area contributed by atoms with Gasteiger partial charge in [0.25, 0.3) is 10.2 Å². The molecule has 0 unspecified atom stereocenters. The molecule has 2 N–H and O–H groups in total. The Morgan fingerprint density at radius 2 is 1.76 bits per heavy atom. The largest absolute Gasteiger partial charge is 0.481 e. The number of aliphatic carboxylic acids is 1. The molecule has 1 aromatic rings. The summed E-state index contributed by atoms with van der Waals surface area (Å²) in [4.78, 5) is 12.0. The lowest BCUT2D eigenvalue weighted by atomic mass is 9.72. The molecule has 2 heterocycles. The third kappa shape index (κ3) is 3.44. The van der Waals surface area contributed by atoms with Crippen molar-refractivity contribution < 1.29 is 23.4 Å². The quantitative estimate of drug-likeness (QED) is 0.798. The Labute approximate surface area is 148 Å². The molecular weight excluding hydrogens is 344 g/mol. The highest BCUT2D eigenvalue weighted by Crippen LogP contribution is 2.37. The molecule has 7 nitrogen and oxygen atoms in total. The lowest BCUT2D eigenvalue weighted by molar-refractivity contribution is -0.161. The molecule has 0 radical (unpaired) electrons. The first-order chi connectivity index (χ1) is 11.9. The van der Waals surface area contributed by atoms with Crippen molar-refractivity contribution in [3.05, 3.63) is 35.9 Å². The Morgan fingerprint density at radius 3 is 2.32 bits per heavy atom. The van der Waals surface area contributed by atoms with E-state index in [1.165, 1.54) is 8.61 Å². The van der Waals surface area contributed by atoms with Crippen LogP contribution in [0.2, 0.25) is 0 Å². The fraction of sp³-hybridized carbons (Fsp3) is 0.588. The fourth-order valence-electron chi connectivity index (χ4n) is 3.73. The number of β-amino-alcohol motifs (C(OH)–C–C–N with tert-alkyl or cyclic N) is 1. The van der Waals surface area contributed by atoms with Gasteiger partial charge in [0.1, 0.15) is 5.41 Å². The number of carbonyl (C=O) groups is 1. The van der Waals surface area contributed by atoms with Crippen molar-refractivity contribution in [1.82, 2.24) is 8.61 Å². The van der Waals surface area contributed by atoms with Gasteiger partial charge in [-0.1, -0.05) is 30.3 Å². The van der Waals surface area contributed by atoms with Crippen LogP contribution in [-0.4, -0.2) is 65.5 Å². The summed E-state index contributed by atoms with van der Waals surface area (Å²) in [7, 11) is -3.63. The number of rotatable bonds is 5. The molecule has 0 spiro atoms. The number of carboxylic acid groups (broad SMARTS) is 1. The highest BCUT2D eigenvalue weighted by atomic mass is 32.2. The molecule has 0 bridgehead atoms. The van der Waals surface area contributed by atoms with Gasteiger partial charge in [0.2, 0.25) is 0 Å². The molecule has 0 amide bonds. The van der Waals surface area contributed by atoms with Crippen molar-refractivity contribution in [3.63, 3.8) is 0 Å². The number of hydrogen-bond acceptors (Lipinski definition) is 4. The molecule has 25 heavy (non-hydrogen) atoms. The summed E-state index contributed by atoms with van der Waals surface area (Å²) >= 11 is 0. The van der Waals surface area contributed by atoms with Crippen molar-refractivity contribution in [2.75, 3.05) is 26.2 Å². The summed E-state index contributed by atoms with van der Waals surface area (Å²) < 4.78 is 28.0. The van der Waals surface area contributed by atoms with Crippen LogP contribution in [0, 0.1) is 5.41 Å². The van der Waals surface area contributed by atoms with Gasteiger partial charge in [-0.15, -0.1) is 0 Å². The second-order valence-electron chi connectivity index (χ2n) is 6.86. The van der Waals surface area contributed by atoms with Gasteiger partial charge in [0, 0.05) is 26.2 Å². The number of benzene rings is 1. The molecule has 1 aromatic carbocycles. The summed E-state index contributed by atoms with van der Waals surface area (Å²) in [5, 5.41) is 20.4. The molecule has 0 saturated carbocycles. The predicted octanol–water partition coefficient (Wildman–Crippen LogP) is 0.707. The van der Waals surface area contributed by atoms with E-state index >= 15 is 0 Å². The van der Waals surface area contributed by atoms with Gasteiger partial charge in [-0.25, -0.2) is 0 Å². The zero-order valence-corrected chi connectivity index (χ0v) is 14.9. The molecular formula is C17H24N2O5S. The van der Waals surface area contributed by atoms with Crippen molar-refractivity contribution in [3.8, 4) is 0 Å². The van der Waals surface area contributed by atoms with Gasteiger partial charge in [0.15, 0.2) is 0 Å². The lowest BCUT2D eigenvalue weighted by Gasteiger charge is -2.43. The van der Waals surface area contributed by atoms with Gasteiger partial charge in [-0.2, -0.15) is 17.0 Å². The van der Waals surface area contributed by atoms with Gasteiger partial charge >= 0.3 is 5.97 Å². The summed E-state index contributed by atoms with van der Waals surface area (Å²) in [6.07, 6.45) is 0.690. The maximum absolute atomic E-state index is 12.7. The third-order valence-corrected chi connectivity index (χ3v) is 7.33. The number of carboxylic acids is 1. The van der Waals surface area contributed by atoms with E-state index in [1.807, 2.05) is 30.3 Å². The second-order valence-corrected chi connectivity index (χ2v) is 8.79. The Hall–Kier alpha value is -1.48. The summed E-state index contributed by atoms with van der Waals surface area (Å²) in [6.45, 7) is 0.902. The summed E-state index contributed by atoms with van der Waals surface area (Å²) in [5.74, 6) is -1.08. The van der Waals surface area contributed by atoms with Crippen LogP contribution in [0.15, 0.2) is 30.3 Å². The van der Waals surface area contributed by atoms with E-state index in [1.54, 1.807) is 0 Å². The van der Waals surface area contributed by atoms with E-state index in [0.717, 1.165) is 18.4 Å². The van der Waals surface area contributed by atoms with Crippen LogP contribution in [0.4, 0.5) is 0 Å². The number of aliphatic hydroxyl groups is 1. The van der Waals surface area contributed by atoms with Crippen molar-refractivity contribution in [1.29, 1.82) is 0 Å². The first-order valence-corrected chi connectivity index (χ1v) is 9.96. The normalized spacial score (nSPS) is 28.9. The van der Waals surface area contributed by atoms with Crippen molar-refractivity contribution in [2.24, 2.45) is 5.41 Å². The van der Waals surface area contributed by atoms with Gasteiger partial charge in [0.05, 0.1) is 6.10 Å². The zero-order chi connectivity index (χ0) is 18.1. The molecule has 2 fully saturated rings. The topological polar surface area (TPSA) is 98.2 Å². The van der Waals surface area contributed by atoms with Crippen LogP contribution in [0.1, 0.15) is 24.8 Å². The van der Waals surface area contributed by atoms with E-state index in [-0.39, 0.29) is 25.9 Å². The average Bonchev–Trinajstić information content (AvgIpc) is 3.12. The molecule has 138 valence electrons. The second kappa shape index (κ2) is 7.03. The lowest BCUT2D eigenvalue weighted by Crippen LogP contribution is -2.58. The van der Waals surface area contributed by atoms with Crippen LogP contribution < -0.4 is 0 Å². The smallest absolute Gasteiger partial charge is 0.312 e. The molecule has 0 aliphatic carbocycles. The number of aliphatic hydroxyl groups excluding tert-OH is 1. The third-order valence-electron chi connectivity index (χ3n) is 5.33. The van der Waals surface area contributed by atoms with E-state index in [2.05, 4.69) is 0 Å². The van der Waals surface area contributed by atoms with E-state index < -0.39 is 27.7 Å². The van der Waals surface area contributed by atoms with Crippen LogP contribution >= 0.6 is 0 Å². The SMILES string of the molecule is O=C(O)[C@@]1(Cc2ccccc2)CCN(S(=O)(=O)N2CCCC2)C[C@@H]1O. The standard InChI is InChI=1S/C17H24N2O5S/c20-15-13-19(25(23,24)18-9-4-5-10-18)11-8-17(15,16(21)22)12-14-6-2-1-3-7-14/h1-3,6-7,15,20H,4-5,8-13H2,(H,21,22)/t15-,17+/m0/s1. The number of nitrogens with zero attached hydrogens (tertiary/aromatic N) is 2.